The van der Waals surface area contributed by atoms with Gasteiger partial charge in [-0.2, -0.15) is 0 Å². The molecule has 0 radical (unpaired) electrons. The Morgan fingerprint density at radius 2 is 2.29 bits per heavy atom. The number of benzene rings is 1. The van der Waals surface area contributed by atoms with Gasteiger partial charge in [-0.05, 0) is 25.5 Å². The van der Waals surface area contributed by atoms with E-state index in [0.29, 0.717) is 23.8 Å². The number of nitrogens with two attached hydrogens (primary N) is 1. The van der Waals surface area contributed by atoms with Gasteiger partial charge >= 0.3 is 0 Å². The molecule has 5 heteroatoms. The normalized spacial score (nSPS) is 21.6. The van der Waals surface area contributed by atoms with E-state index >= 15 is 0 Å². The third kappa shape index (κ3) is 2.83. The van der Waals surface area contributed by atoms with Gasteiger partial charge in [-0.3, -0.25) is 4.79 Å². The minimum absolute atomic E-state index is 0.188. The van der Waals surface area contributed by atoms with Gasteiger partial charge in [0.25, 0.3) is 5.91 Å². The smallest absolute Gasteiger partial charge is 0.269 e. The molecule has 1 aromatic carbocycles. The molecule has 21 heavy (non-hydrogen) atoms. The second-order valence-corrected chi connectivity index (χ2v) is 5.45. The number of nitrogen functional groups attached to an aromatic ring is 1. The lowest BCUT2D eigenvalue weighted by atomic mass is 10.0. The predicted molar refractivity (Wildman–Crippen MR) is 82.0 cm³/mol. The van der Waals surface area contributed by atoms with E-state index in [0.717, 1.165) is 23.9 Å². The van der Waals surface area contributed by atoms with Crippen molar-refractivity contribution in [2.45, 2.75) is 19.4 Å². The Bertz CT molecular complexity index is 672. The molecule has 1 saturated heterocycles. The molecule has 2 unspecified atom stereocenters. The number of pyridine rings is 1. The summed E-state index contributed by atoms with van der Waals surface area (Å²) in [5, 5.41) is 3.79. The van der Waals surface area contributed by atoms with E-state index in [1.54, 1.807) is 6.07 Å². The molecule has 2 atom stereocenters. The summed E-state index contributed by atoms with van der Waals surface area (Å²) < 4.78 is 5.49. The summed E-state index contributed by atoms with van der Waals surface area (Å²) in [6.45, 7) is 3.41. The Kier molecular flexibility index (Phi) is 3.75. The summed E-state index contributed by atoms with van der Waals surface area (Å²) in [4.78, 5) is 16.6. The highest BCUT2D eigenvalue weighted by atomic mass is 16.5. The van der Waals surface area contributed by atoms with E-state index in [9.17, 15) is 4.79 Å². The van der Waals surface area contributed by atoms with Crippen molar-refractivity contribution in [3.8, 4) is 0 Å². The van der Waals surface area contributed by atoms with E-state index in [2.05, 4.69) is 10.3 Å². The Morgan fingerprint density at radius 3 is 3.05 bits per heavy atom. The van der Waals surface area contributed by atoms with Gasteiger partial charge in [0.2, 0.25) is 0 Å². The molecule has 1 aliphatic rings. The number of para-hydroxylation sites is 1. The summed E-state index contributed by atoms with van der Waals surface area (Å²) in [5.41, 5.74) is 7.66. The van der Waals surface area contributed by atoms with E-state index in [-0.39, 0.29) is 12.0 Å². The van der Waals surface area contributed by atoms with Crippen LogP contribution >= 0.6 is 0 Å². The van der Waals surface area contributed by atoms with Gasteiger partial charge in [0.05, 0.1) is 11.6 Å². The highest BCUT2D eigenvalue weighted by molar-refractivity contribution is 5.99. The molecule has 2 aromatic rings. The minimum atomic E-state index is -0.188. The van der Waals surface area contributed by atoms with Crippen LogP contribution in [-0.4, -0.2) is 30.1 Å². The monoisotopic (exact) mass is 285 g/mol. The molecule has 1 amide bonds. The Hall–Kier alpha value is -2.14. The molecule has 0 spiro atoms. The van der Waals surface area contributed by atoms with Crippen LogP contribution in [0.2, 0.25) is 0 Å². The fraction of sp³-hybridized carbons (Fsp3) is 0.375. The van der Waals surface area contributed by atoms with Crippen LogP contribution < -0.4 is 11.1 Å². The van der Waals surface area contributed by atoms with Crippen molar-refractivity contribution in [3.05, 3.63) is 36.0 Å². The maximum Gasteiger partial charge on any atom is 0.269 e. The summed E-state index contributed by atoms with van der Waals surface area (Å²) in [7, 11) is 0. The second kappa shape index (κ2) is 5.69. The highest BCUT2D eigenvalue weighted by Gasteiger charge is 2.24. The molecule has 2 heterocycles. The molecule has 3 N–H and O–H groups in total. The topological polar surface area (TPSA) is 77.2 Å². The first-order valence-corrected chi connectivity index (χ1v) is 7.20. The molecule has 0 aliphatic carbocycles. The van der Waals surface area contributed by atoms with Gasteiger partial charge in [-0.25, -0.2) is 4.98 Å². The van der Waals surface area contributed by atoms with Crippen molar-refractivity contribution >= 4 is 22.5 Å². The minimum Gasteiger partial charge on any atom is -0.398 e. The molecule has 1 aromatic heterocycles. The number of ether oxygens (including phenoxy) is 1. The van der Waals surface area contributed by atoms with E-state index in [4.69, 9.17) is 10.5 Å². The standard InChI is InChI=1S/C16H19N3O2/c1-10-11(6-7-21-10)9-18-16(20)15-8-13(17)12-4-2-3-5-14(12)19-15/h2-5,8,10-11H,6-7,9H2,1H3,(H2,17,19)(H,18,20). The van der Waals surface area contributed by atoms with Crippen molar-refractivity contribution in [3.63, 3.8) is 0 Å². The van der Waals surface area contributed by atoms with Crippen molar-refractivity contribution in [1.29, 1.82) is 0 Å². The molecule has 0 bridgehead atoms. The first kappa shape index (κ1) is 13.8. The molecule has 110 valence electrons. The molecule has 5 nitrogen and oxygen atoms in total. The average Bonchev–Trinajstić information content (AvgIpc) is 2.90. The molecular weight excluding hydrogens is 266 g/mol. The number of fused-ring (bicyclic) bond motifs is 1. The molecule has 1 aliphatic heterocycles. The Morgan fingerprint density at radius 1 is 1.48 bits per heavy atom. The third-order valence-electron chi connectivity index (χ3n) is 4.04. The Labute approximate surface area is 123 Å². The van der Waals surface area contributed by atoms with Gasteiger partial charge in [0.15, 0.2) is 0 Å². The summed E-state index contributed by atoms with van der Waals surface area (Å²) in [6, 6.07) is 9.17. The van der Waals surface area contributed by atoms with Crippen LogP contribution in [0.5, 0.6) is 0 Å². The van der Waals surface area contributed by atoms with Crippen molar-refractivity contribution < 1.29 is 9.53 Å². The van der Waals surface area contributed by atoms with E-state index in [1.807, 2.05) is 31.2 Å². The fourth-order valence-corrected chi connectivity index (χ4v) is 2.68. The van der Waals surface area contributed by atoms with Crippen molar-refractivity contribution in [2.24, 2.45) is 5.92 Å². The molecule has 3 rings (SSSR count). The maximum atomic E-state index is 12.2. The first-order chi connectivity index (χ1) is 10.1. The largest absolute Gasteiger partial charge is 0.398 e. The van der Waals surface area contributed by atoms with Gasteiger partial charge in [0.1, 0.15) is 5.69 Å². The number of carbonyl (C=O) groups excluding carboxylic acids is 1. The number of anilines is 1. The first-order valence-electron chi connectivity index (χ1n) is 7.20. The van der Waals surface area contributed by atoms with E-state index < -0.39 is 0 Å². The van der Waals surface area contributed by atoms with Crippen LogP contribution in [0, 0.1) is 5.92 Å². The van der Waals surface area contributed by atoms with Gasteiger partial charge in [-0.15, -0.1) is 0 Å². The Balaban J connectivity index is 1.75. The third-order valence-corrected chi connectivity index (χ3v) is 4.04. The van der Waals surface area contributed by atoms with Gasteiger partial charge in [0, 0.05) is 30.1 Å². The summed E-state index contributed by atoms with van der Waals surface area (Å²) in [5.74, 6) is 0.179. The lowest BCUT2D eigenvalue weighted by molar-refractivity contribution is 0.0903. The zero-order valence-corrected chi connectivity index (χ0v) is 12.0. The summed E-state index contributed by atoms with van der Waals surface area (Å²) >= 11 is 0. The van der Waals surface area contributed by atoms with Crippen LogP contribution in [-0.2, 0) is 4.74 Å². The number of nitrogens with zero attached hydrogens (tertiary/aromatic N) is 1. The quantitative estimate of drug-likeness (QED) is 0.904. The number of carbonyl (C=O) groups is 1. The van der Waals surface area contributed by atoms with Crippen LogP contribution in [0.1, 0.15) is 23.8 Å². The lowest BCUT2D eigenvalue weighted by Crippen LogP contribution is -2.32. The fourth-order valence-electron chi connectivity index (χ4n) is 2.68. The highest BCUT2D eigenvalue weighted by Crippen LogP contribution is 2.21. The lowest BCUT2D eigenvalue weighted by Gasteiger charge is -2.14. The maximum absolute atomic E-state index is 12.2. The summed E-state index contributed by atoms with van der Waals surface area (Å²) in [6.07, 6.45) is 1.18. The molecule has 0 saturated carbocycles. The number of amides is 1. The van der Waals surface area contributed by atoms with Crippen molar-refractivity contribution in [2.75, 3.05) is 18.9 Å². The van der Waals surface area contributed by atoms with Crippen LogP contribution in [0.15, 0.2) is 30.3 Å². The SMILES string of the molecule is CC1OCCC1CNC(=O)c1cc(N)c2ccccc2n1. The number of hydrogen-bond donors (Lipinski definition) is 2. The van der Waals surface area contributed by atoms with Gasteiger partial charge in [-0.1, -0.05) is 18.2 Å². The van der Waals surface area contributed by atoms with Gasteiger partial charge < -0.3 is 15.8 Å². The number of aromatic nitrogens is 1. The average molecular weight is 285 g/mol. The number of hydrogen-bond acceptors (Lipinski definition) is 4. The number of nitrogens with one attached hydrogen (secondary N) is 1. The van der Waals surface area contributed by atoms with E-state index in [1.165, 1.54) is 0 Å². The van der Waals surface area contributed by atoms with Crippen LogP contribution in [0.4, 0.5) is 5.69 Å². The zero-order chi connectivity index (χ0) is 14.8. The number of rotatable bonds is 3. The zero-order valence-electron chi connectivity index (χ0n) is 12.0. The van der Waals surface area contributed by atoms with Crippen LogP contribution in [0.3, 0.4) is 0 Å². The van der Waals surface area contributed by atoms with Crippen LogP contribution in [0.25, 0.3) is 10.9 Å². The molecule has 1 fully saturated rings. The molecular formula is C16H19N3O2. The predicted octanol–water partition coefficient (Wildman–Crippen LogP) is 1.97. The second-order valence-electron chi connectivity index (χ2n) is 5.45. The van der Waals surface area contributed by atoms with Crippen molar-refractivity contribution in [1.82, 2.24) is 10.3 Å².